The summed E-state index contributed by atoms with van der Waals surface area (Å²) < 4.78 is 5.88. The van der Waals surface area contributed by atoms with Crippen molar-refractivity contribution in [2.24, 2.45) is 0 Å². The average molecular weight is 254 g/mol. The highest BCUT2D eigenvalue weighted by Gasteiger charge is 2.20. The van der Waals surface area contributed by atoms with Gasteiger partial charge >= 0.3 is 0 Å². The van der Waals surface area contributed by atoms with Crippen LogP contribution in [0.25, 0.3) is 11.3 Å². The second-order valence-corrected chi connectivity index (χ2v) is 5.48. The topological polar surface area (TPSA) is 30.2 Å². The summed E-state index contributed by atoms with van der Waals surface area (Å²) in [6.07, 6.45) is 2.83. The lowest BCUT2D eigenvalue weighted by Gasteiger charge is -2.11. The molecule has 0 unspecified atom stereocenters. The van der Waals surface area contributed by atoms with E-state index in [2.05, 4.69) is 26.0 Å². The lowest BCUT2D eigenvalue weighted by molar-refractivity contribution is 0.523. The molecule has 0 bridgehead atoms. The summed E-state index contributed by atoms with van der Waals surface area (Å²) in [5.41, 5.74) is 5.91. The molecule has 0 saturated heterocycles. The van der Waals surface area contributed by atoms with Crippen molar-refractivity contribution in [2.45, 2.75) is 40.0 Å². The van der Waals surface area contributed by atoms with E-state index in [0.29, 0.717) is 5.76 Å². The third-order valence-corrected chi connectivity index (χ3v) is 4.01. The molecule has 0 radical (unpaired) electrons. The number of aryl methyl sites for hydroxylation is 4. The lowest BCUT2D eigenvalue weighted by Crippen LogP contribution is -2.09. The molecule has 0 saturated carbocycles. The molecule has 0 N–H and O–H groups in total. The highest BCUT2D eigenvalue weighted by atomic mass is 16.3. The zero-order valence-corrected chi connectivity index (χ0v) is 11.7. The second kappa shape index (κ2) is 4.37. The predicted molar refractivity (Wildman–Crippen MR) is 76.7 cm³/mol. The fourth-order valence-corrected chi connectivity index (χ4v) is 2.84. The largest absolute Gasteiger partial charge is 0.461 e. The van der Waals surface area contributed by atoms with Gasteiger partial charge in [0.05, 0.1) is 0 Å². The van der Waals surface area contributed by atoms with Crippen molar-refractivity contribution >= 4 is 0 Å². The number of fused-ring (bicyclic) bond motifs is 3. The van der Waals surface area contributed by atoms with Crippen LogP contribution >= 0.6 is 0 Å². The molecule has 1 aromatic heterocycles. The minimum Gasteiger partial charge on any atom is -0.461 e. The molecule has 2 aromatic rings. The Morgan fingerprint density at radius 3 is 2.53 bits per heavy atom. The lowest BCUT2D eigenvalue weighted by atomic mass is 9.96. The van der Waals surface area contributed by atoms with Crippen LogP contribution < -0.4 is 5.43 Å². The normalized spacial score (nSPS) is 13.6. The number of rotatable bonds is 0. The van der Waals surface area contributed by atoms with E-state index in [1.54, 1.807) is 6.07 Å². The number of hydrogen-bond acceptors (Lipinski definition) is 2. The van der Waals surface area contributed by atoms with E-state index < -0.39 is 0 Å². The van der Waals surface area contributed by atoms with Crippen LogP contribution in [0.5, 0.6) is 0 Å². The summed E-state index contributed by atoms with van der Waals surface area (Å²) in [5.74, 6) is 1.48. The van der Waals surface area contributed by atoms with Gasteiger partial charge in [0.15, 0.2) is 5.43 Å². The summed E-state index contributed by atoms with van der Waals surface area (Å²) in [7, 11) is 0. The van der Waals surface area contributed by atoms with E-state index in [-0.39, 0.29) is 5.43 Å². The van der Waals surface area contributed by atoms with Crippen molar-refractivity contribution in [3.05, 3.63) is 56.4 Å². The Labute approximate surface area is 113 Å². The quantitative estimate of drug-likeness (QED) is 0.717. The van der Waals surface area contributed by atoms with E-state index in [1.165, 1.54) is 16.7 Å². The van der Waals surface area contributed by atoms with E-state index >= 15 is 0 Å². The maximum atomic E-state index is 12.1. The van der Waals surface area contributed by atoms with Gasteiger partial charge in [-0.15, -0.1) is 0 Å². The molecule has 0 atom stereocenters. The van der Waals surface area contributed by atoms with Gasteiger partial charge in [-0.25, -0.2) is 0 Å². The SMILES string of the molecule is Cc1cc(=O)c2c(o1)-c1cc(C)c(C)cc1CCC2. The highest BCUT2D eigenvalue weighted by Crippen LogP contribution is 2.33. The van der Waals surface area contributed by atoms with Crippen molar-refractivity contribution in [2.75, 3.05) is 0 Å². The van der Waals surface area contributed by atoms with Crippen LogP contribution in [-0.2, 0) is 12.8 Å². The van der Waals surface area contributed by atoms with Crippen LogP contribution in [0.2, 0.25) is 0 Å². The van der Waals surface area contributed by atoms with Gasteiger partial charge < -0.3 is 4.42 Å². The predicted octanol–water partition coefficient (Wildman–Crippen LogP) is 3.72. The second-order valence-electron chi connectivity index (χ2n) is 5.48. The number of benzene rings is 1. The van der Waals surface area contributed by atoms with E-state index in [1.807, 2.05) is 6.92 Å². The Hall–Kier alpha value is -1.83. The van der Waals surface area contributed by atoms with Crippen LogP contribution in [-0.4, -0.2) is 0 Å². The first kappa shape index (κ1) is 12.2. The van der Waals surface area contributed by atoms with E-state index in [4.69, 9.17) is 4.42 Å². The van der Waals surface area contributed by atoms with Crippen molar-refractivity contribution in [3.63, 3.8) is 0 Å². The van der Waals surface area contributed by atoms with Crippen LogP contribution in [0, 0.1) is 20.8 Å². The zero-order valence-electron chi connectivity index (χ0n) is 11.7. The molecule has 3 rings (SSSR count). The van der Waals surface area contributed by atoms with Gasteiger partial charge in [-0.05, 0) is 62.8 Å². The fraction of sp³-hybridized carbons (Fsp3) is 0.353. The van der Waals surface area contributed by atoms with Crippen molar-refractivity contribution < 1.29 is 4.42 Å². The van der Waals surface area contributed by atoms with Gasteiger partial charge in [0.1, 0.15) is 11.5 Å². The van der Waals surface area contributed by atoms with Crippen LogP contribution in [0.4, 0.5) is 0 Å². The molecule has 1 aromatic carbocycles. The Bertz CT molecular complexity index is 708. The molecule has 1 aliphatic carbocycles. The monoisotopic (exact) mass is 254 g/mol. The van der Waals surface area contributed by atoms with Crippen molar-refractivity contribution in [3.8, 4) is 11.3 Å². The summed E-state index contributed by atoms with van der Waals surface area (Å²) in [6.45, 7) is 6.08. The third kappa shape index (κ3) is 2.01. The van der Waals surface area contributed by atoms with Gasteiger partial charge in [0.25, 0.3) is 0 Å². The molecular formula is C17H18O2. The van der Waals surface area contributed by atoms with E-state index in [0.717, 1.165) is 36.1 Å². The molecule has 0 aliphatic heterocycles. The summed E-state index contributed by atoms with van der Waals surface area (Å²) in [5, 5.41) is 0. The third-order valence-electron chi connectivity index (χ3n) is 4.01. The smallest absolute Gasteiger partial charge is 0.188 e. The molecule has 0 spiro atoms. The molecule has 2 heteroatoms. The summed E-state index contributed by atoms with van der Waals surface area (Å²) in [4.78, 5) is 12.1. The molecule has 0 fully saturated rings. The van der Waals surface area contributed by atoms with Gasteiger partial charge in [0, 0.05) is 17.2 Å². The summed E-state index contributed by atoms with van der Waals surface area (Å²) in [6, 6.07) is 6.00. The Kier molecular flexibility index (Phi) is 2.81. The molecule has 1 heterocycles. The van der Waals surface area contributed by atoms with Gasteiger partial charge in [-0.2, -0.15) is 0 Å². The van der Waals surface area contributed by atoms with Gasteiger partial charge in [-0.1, -0.05) is 6.07 Å². The van der Waals surface area contributed by atoms with Gasteiger partial charge in [0.2, 0.25) is 0 Å². The van der Waals surface area contributed by atoms with Gasteiger partial charge in [-0.3, -0.25) is 4.79 Å². The highest BCUT2D eigenvalue weighted by molar-refractivity contribution is 5.68. The van der Waals surface area contributed by atoms with E-state index in [9.17, 15) is 4.79 Å². The molecule has 2 nitrogen and oxygen atoms in total. The molecule has 98 valence electrons. The van der Waals surface area contributed by atoms with Crippen LogP contribution in [0.1, 0.15) is 34.4 Å². The first-order valence-electron chi connectivity index (χ1n) is 6.80. The fourth-order valence-electron chi connectivity index (χ4n) is 2.84. The first-order chi connectivity index (χ1) is 9.06. The molecular weight excluding hydrogens is 236 g/mol. The molecule has 1 aliphatic rings. The summed E-state index contributed by atoms with van der Waals surface area (Å²) >= 11 is 0. The Morgan fingerprint density at radius 2 is 1.74 bits per heavy atom. The zero-order chi connectivity index (χ0) is 13.6. The maximum absolute atomic E-state index is 12.1. The van der Waals surface area contributed by atoms with Crippen molar-refractivity contribution in [1.29, 1.82) is 0 Å². The molecule has 0 amide bonds. The minimum absolute atomic E-state index is 0.116. The van der Waals surface area contributed by atoms with Crippen LogP contribution in [0.15, 0.2) is 27.4 Å². The maximum Gasteiger partial charge on any atom is 0.188 e. The number of hydrogen-bond donors (Lipinski definition) is 0. The average Bonchev–Trinajstić information content (AvgIpc) is 2.51. The Morgan fingerprint density at radius 1 is 1.00 bits per heavy atom. The standard InChI is InChI=1S/C17H18O2/c1-10-7-13-5-4-6-14-16(18)9-12(3)19-17(14)15(13)8-11(10)2/h7-9H,4-6H2,1-3H3. The van der Waals surface area contributed by atoms with Crippen LogP contribution in [0.3, 0.4) is 0 Å². The van der Waals surface area contributed by atoms with Crippen molar-refractivity contribution in [1.82, 2.24) is 0 Å². The minimum atomic E-state index is 0.116. The Balaban J connectivity index is 2.36. The molecule has 19 heavy (non-hydrogen) atoms. The first-order valence-corrected chi connectivity index (χ1v) is 6.80.